The van der Waals surface area contributed by atoms with Crippen molar-refractivity contribution in [1.82, 2.24) is 5.32 Å². The normalized spacial score (nSPS) is 36.8. The molecule has 1 saturated carbocycles. The highest BCUT2D eigenvalue weighted by Gasteiger charge is 2.30. The molecular formula is C10H19NO. The predicted molar refractivity (Wildman–Crippen MR) is 48.9 cm³/mol. The molecule has 1 saturated heterocycles. The second-order valence-corrected chi connectivity index (χ2v) is 4.32. The van der Waals surface area contributed by atoms with Crippen molar-refractivity contribution < 1.29 is 5.11 Å². The van der Waals surface area contributed by atoms with Gasteiger partial charge in [0.05, 0.1) is 0 Å². The molecule has 2 rings (SSSR count). The molecule has 2 atom stereocenters. The van der Waals surface area contributed by atoms with Gasteiger partial charge in [-0.1, -0.05) is 12.8 Å². The van der Waals surface area contributed by atoms with Crippen molar-refractivity contribution in [3.05, 3.63) is 0 Å². The summed E-state index contributed by atoms with van der Waals surface area (Å²) in [6.45, 7) is 1.54. The van der Waals surface area contributed by atoms with Gasteiger partial charge in [0.2, 0.25) is 0 Å². The molecule has 0 aromatic heterocycles. The second kappa shape index (κ2) is 3.75. The Balaban J connectivity index is 1.81. The van der Waals surface area contributed by atoms with Crippen molar-refractivity contribution in [3.63, 3.8) is 0 Å². The van der Waals surface area contributed by atoms with Gasteiger partial charge in [-0.05, 0) is 37.6 Å². The van der Waals surface area contributed by atoms with E-state index in [4.69, 9.17) is 5.11 Å². The van der Waals surface area contributed by atoms with Crippen LogP contribution in [0.2, 0.25) is 0 Å². The molecule has 70 valence electrons. The van der Waals surface area contributed by atoms with Crippen LogP contribution in [0.5, 0.6) is 0 Å². The summed E-state index contributed by atoms with van der Waals surface area (Å²) in [6.07, 6.45) is 6.63. The highest BCUT2D eigenvalue weighted by molar-refractivity contribution is 4.86. The third kappa shape index (κ3) is 1.99. The van der Waals surface area contributed by atoms with E-state index in [0.29, 0.717) is 18.6 Å². The van der Waals surface area contributed by atoms with Gasteiger partial charge in [0.15, 0.2) is 0 Å². The molecule has 1 heterocycles. The molecule has 2 unspecified atom stereocenters. The Kier molecular flexibility index (Phi) is 2.66. The van der Waals surface area contributed by atoms with Crippen LogP contribution in [0, 0.1) is 11.8 Å². The molecule has 12 heavy (non-hydrogen) atoms. The summed E-state index contributed by atoms with van der Waals surface area (Å²) in [5.74, 6) is 1.52. The van der Waals surface area contributed by atoms with Crippen molar-refractivity contribution in [3.8, 4) is 0 Å². The number of hydrogen-bond donors (Lipinski definition) is 2. The molecule has 2 aliphatic rings. The fourth-order valence-electron chi connectivity index (χ4n) is 2.23. The fourth-order valence-corrected chi connectivity index (χ4v) is 2.23. The van der Waals surface area contributed by atoms with Gasteiger partial charge in [-0.2, -0.15) is 0 Å². The topological polar surface area (TPSA) is 32.3 Å². The maximum atomic E-state index is 9.15. The first-order chi connectivity index (χ1) is 5.90. The Hall–Kier alpha value is -0.0800. The van der Waals surface area contributed by atoms with Crippen LogP contribution in [-0.4, -0.2) is 24.3 Å². The highest BCUT2D eigenvalue weighted by Crippen LogP contribution is 2.36. The SMILES string of the molecule is OCC1CCCNC1CC1CC1. The molecule has 0 aromatic carbocycles. The van der Waals surface area contributed by atoms with Gasteiger partial charge in [-0.25, -0.2) is 0 Å². The first-order valence-electron chi connectivity index (χ1n) is 5.24. The van der Waals surface area contributed by atoms with Gasteiger partial charge in [-0.15, -0.1) is 0 Å². The zero-order valence-corrected chi connectivity index (χ0v) is 7.63. The summed E-state index contributed by atoms with van der Waals surface area (Å²) in [4.78, 5) is 0. The van der Waals surface area contributed by atoms with Crippen LogP contribution in [0.3, 0.4) is 0 Å². The minimum absolute atomic E-state index is 0.379. The van der Waals surface area contributed by atoms with E-state index in [1.165, 1.54) is 32.1 Å². The lowest BCUT2D eigenvalue weighted by Crippen LogP contribution is -2.43. The lowest BCUT2D eigenvalue weighted by atomic mass is 9.88. The van der Waals surface area contributed by atoms with Crippen LogP contribution in [0.4, 0.5) is 0 Å². The maximum Gasteiger partial charge on any atom is 0.0474 e. The Morgan fingerprint density at radius 1 is 1.25 bits per heavy atom. The second-order valence-electron chi connectivity index (χ2n) is 4.32. The number of piperidine rings is 1. The molecular weight excluding hydrogens is 150 g/mol. The summed E-state index contributed by atoms with van der Waals surface area (Å²) in [6, 6.07) is 0.622. The molecule has 0 amide bonds. The quantitative estimate of drug-likeness (QED) is 0.664. The predicted octanol–water partition coefficient (Wildman–Crippen LogP) is 1.15. The molecule has 2 nitrogen and oxygen atoms in total. The molecule has 0 aromatic rings. The van der Waals surface area contributed by atoms with E-state index in [1.807, 2.05) is 0 Å². The minimum Gasteiger partial charge on any atom is -0.396 e. The van der Waals surface area contributed by atoms with Crippen LogP contribution >= 0.6 is 0 Å². The van der Waals surface area contributed by atoms with Gasteiger partial charge in [-0.3, -0.25) is 0 Å². The fraction of sp³-hybridized carbons (Fsp3) is 1.00. The van der Waals surface area contributed by atoms with Crippen molar-refractivity contribution >= 4 is 0 Å². The minimum atomic E-state index is 0.379. The third-order valence-corrected chi connectivity index (χ3v) is 3.25. The average molecular weight is 169 g/mol. The van der Waals surface area contributed by atoms with E-state index in [9.17, 15) is 0 Å². The Morgan fingerprint density at radius 2 is 2.08 bits per heavy atom. The molecule has 2 fully saturated rings. The van der Waals surface area contributed by atoms with E-state index in [2.05, 4.69) is 5.32 Å². The molecule has 1 aliphatic heterocycles. The number of hydrogen-bond acceptors (Lipinski definition) is 2. The van der Waals surface area contributed by atoms with Crippen LogP contribution in [0.1, 0.15) is 32.1 Å². The van der Waals surface area contributed by atoms with Crippen molar-refractivity contribution in [1.29, 1.82) is 0 Å². The largest absolute Gasteiger partial charge is 0.396 e. The molecule has 0 radical (unpaired) electrons. The van der Waals surface area contributed by atoms with E-state index in [-0.39, 0.29) is 0 Å². The van der Waals surface area contributed by atoms with Gasteiger partial charge in [0.1, 0.15) is 0 Å². The van der Waals surface area contributed by atoms with E-state index in [1.54, 1.807) is 0 Å². The van der Waals surface area contributed by atoms with Gasteiger partial charge < -0.3 is 10.4 Å². The van der Waals surface area contributed by atoms with E-state index in [0.717, 1.165) is 12.5 Å². The number of aliphatic hydroxyl groups excluding tert-OH is 1. The van der Waals surface area contributed by atoms with Crippen LogP contribution in [-0.2, 0) is 0 Å². The molecule has 2 N–H and O–H groups in total. The first kappa shape index (κ1) is 8.52. The van der Waals surface area contributed by atoms with Gasteiger partial charge in [0, 0.05) is 12.6 Å². The molecule has 0 spiro atoms. The Bertz CT molecular complexity index is 145. The molecule has 1 aliphatic carbocycles. The summed E-state index contributed by atoms with van der Waals surface area (Å²) in [7, 11) is 0. The number of aliphatic hydroxyl groups is 1. The average Bonchev–Trinajstić information content (AvgIpc) is 2.89. The van der Waals surface area contributed by atoms with Crippen molar-refractivity contribution in [2.45, 2.75) is 38.1 Å². The summed E-state index contributed by atoms with van der Waals surface area (Å²) < 4.78 is 0. The lowest BCUT2D eigenvalue weighted by Gasteiger charge is -2.31. The van der Waals surface area contributed by atoms with E-state index >= 15 is 0 Å². The van der Waals surface area contributed by atoms with Gasteiger partial charge >= 0.3 is 0 Å². The standard InChI is InChI=1S/C10H19NO/c12-7-9-2-1-5-11-10(9)6-8-3-4-8/h8-12H,1-7H2. The van der Waals surface area contributed by atoms with Crippen LogP contribution < -0.4 is 5.32 Å². The van der Waals surface area contributed by atoms with Crippen LogP contribution in [0.25, 0.3) is 0 Å². The highest BCUT2D eigenvalue weighted by atomic mass is 16.3. The third-order valence-electron chi connectivity index (χ3n) is 3.25. The lowest BCUT2D eigenvalue weighted by molar-refractivity contribution is 0.152. The Morgan fingerprint density at radius 3 is 2.75 bits per heavy atom. The zero-order valence-electron chi connectivity index (χ0n) is 7.63. The van der Waals surface area contributed by atoms with Crippen molar-refractivity contribution in [2.24, 2.45) is 11.8 Å². The zero-order chi connectivity index (χ0) is 8.39. The first-order valence-corrected chi connectivity index (χ1v) is 5.24. The summed E-state index contributed by atoms with van der Waals surface area (Å²) in [5, 5.41) is 12.7. The van der Waals surface area contributed by atoms with Gasteiger partial charge in [0.25, 0.3) is 0 Å². The van der Waals surface area contributed by atoms with Crippen LogP contribution in [0.15, 0.2) is 0 Å². The van der Waals surface area contributed by atoms with Crippen molar-refractivity contribution in [2.75, 3.05) is 13.2 Å². The van der Waals surface area contributed by atoms with E-state index < -0.39 is 0 Å². The smallest absolute Gasteiger partial charge is 0.0474 e. The molecule has 0 bridgehead atoms. The Labute approximate surface area is 74.4 Å². The number of nitrogens with one attached hydrogen (secondary N) is 1. The summed E-state index contributed by atoms with van der Waals surface area (Å²) in [5.41, 5.74) is 0. The summed E-state index contributed by atoms with van der Waals surface area (Å²) >= 11 is 0. The molecule has 2 heteroatoms. The monoisotopic (exact) mass is 169 g/mol. The number of rotatable bonds is 3. The maximum absolute atomic E-state index is 9.15.